The second-order valence-corrected chi connectivity index (χ2v) is 8.08. The molecular formula is C19H32N2. The lowest BCUT2D eigenvalue weighted by atomic mass is 9.86. The van der Waals surface area contributed by atoms with E-state index in [1.807, 2.05) is 0 Å². The Morgan fingerprint density at radius 2 is 1.81 bits per heavy atom. The first-order chi connectivity index (χ1) is 9.74. The van der Waals surface area contributed by atoms with E-state index < -0.39 is 0 Å². The molecule has 1 unspecified atom stereocenters. The third-order valence-corrected chi connectivity index (χ3v) is 5.00. The van der Waals surface area contributed by atoms with Crippen LogP contribution in [0.5, 0.6) is 0 Å². The minimum absolute atomic E-state index is 0.227. The third kappa shape index (κ3) is 3.87. The molecule has 1 aliphatic rings. The number of hydrogen-bond acceptors (Lipinski definition) is 2. The Morgan fingerprint density at radius 3 is 2.24 bits per heavy atom. The molecule has 0 spiro atoms. The van der Waals surface area contributed by atoms with Crippen LogP contribution in [-0.4, -0.2) is 30.6 Å². The highest BCUT2D eigenvalue weighted by atomic mass is 15.2. The maximum Gasteiger partial charge on any atom is 0.0447 e. The van der Waals surface area contributed by atoms with Gasteiger partial charge in [0.25, 0.3) is 0 Å². The molecule has 1 atom stereocenters. The number of likely N-dealkylation sites (N-methyl/N-ethyl adjacent to an activating group) is 1. The van der Waals surface area contributed by atoms with Gasteiger partial charge in [0.05, 0.1) is 0 Å². The lowest BCUT2D eigenvalue weighted by Crippen LogP contribution is -2.42. The molecule has 2 rings (SSSR count). The van der Waals surface area contributed by atoms with E-state index in [4.69, 9.17) is 0 Å². The van der Waals surface area contributed by atoms with Gasteiger partial charge in [-0.25, -0.2) is 0 Å². The first kappa shape index (κ1) is 16.5. The van der Waals surface area contributed by atoms with Gasteiger partial charge in [-0.1, -0.05) is 45.0 Å². The van der Waals surface area contributed by atoms with Crippen LogP contribution >= 0.6 is 0 Å². The highest BCUT2D eigenvalue weighted by Crippen LogP contribution is 2.31. The molecule has 2 heteroatoms. The maximum absolute atomic E-state index is 3.50. The molecule has 21 heavy (non-hydrogen) atoms. The summed E-state index contributed by atoms with van der Waals surface area (Å²) >= 11 is 0. The molecule has 1 aromatic carbocycles. The van der Waals surface area contributed by atoms with Gasteiger partial charge < -0.3 is 5.32 Å². The van der Waals surface area contributed by atoms with Gasteiger partial charge >= 0.3 is 0 Å². The van der Waals surface area contributed by atoms with Crippen LogP contribution in [0.1, 0.15) is 64.6 Å². The largest absolute Gasteiger partial charge is 0.312 e. The zero-order valence-corrected chi connectivity index (χ0v) is 14.7. The summed E-state index contributed by atoms with van der Waals surface area (Å²) < 4.78 is 0. The van der Waals surface area contributed by atoms with Crippen LogP contribution in [0.25, 0.3) is 0 Å². The lowest BCUT2D eigenvalue weighted by Gasteiger charge is -2.34. The first-order valence-electron chi connectivity index (χ1n) is 8.27. The minimum Gasteiger partial charge on any atom is -0.312 e. The summed E-state index contributed by atoms with van der Waals surface area (Å²) in [5.41, 5.74) is 3.38. The van der Waals surface area contributed by atoms with Gasteiger partial charge in [-0.3, -0.25) is 4.90 Å². The zero-order valence-electron chi connectivity index (χ0n) is 14.7. The Kier molecular flexibility index (Phi) is 4.79. The molecule has 1 saturated heterocycles. The van der Waals surface area contributed by atoms with Crippen molar-refractivity contribution in [1.82, 2.24) is 10.2 Å². The summed E-state index contributed by atoms with van der Waals surface area (Å²) in [5, 5.41) is 3.50. The molecule has 2 nitrogen and oxygen atoms in total. The molecule has 0 amide bonds. The Hall–Kier alpha value is -0.860. The van der Waals surface area contributed by atoms with Gasteiger partial charge in [0.2, 0.25) is 0 Å². The van der Waals surface area contributed by atoms with Crippen molar-refractivity contribution in [3.63, 3.8) is 0 Å². The van der Waals surface area contributed by atoms with Crippen molar-refractivity contribution in [2.75, 3.05) is 20.1 Å². The third-order valence-electron chi connectivity index (χ3n) is 5.00. The molecule has 0 saturated carbocycles. The van der Waals surface area contributed by atoms with Crippen molar-refractivity contribution in [1.29, 1.82) is 0 Å². The highest BCUT2D eigenvalue weighted by molar-refractivity contribution is 5.29. The predicted octanol–water partition coefficient (Wildman–Crippen LogP) is 4.12. The van der Waals surface area contributed by atoms with E-state index >= 15 is 0 Å². The van der Waals surface area contributed by atoms with Crippen LogP contribution < -0.4 is 5.32 Å². The van der Waals surface area contributed by atoms with Gasteiger partial charge in [0.1, 0.15) is 0 Å². The first-order valence-corrected chi connectivity index (χ1v) is 8.27. The van der Waals surface area contributed by atoms with Crippen LogP contribution in [0.15, 0.2) is 24.3 Å². The van der Waals surface area contributed by atoms with Crippen LogP contribution in [0, 0.1) is 0 Å². The number of benzene rings is 1. The van der Waals surface area contributed by atoms with Gasteiger partial charge in [-0.15, -0.1) is 0 Å². The summed E-state index contributed by atoms with van der Waals surface area (Å²) in [6.45, 7) is 13.9. The normalized spacial score (nSPS) is 20.7. The second kappa shape index (κ2) is 6.10. The van der Waals surface area contributed by atoms with Gasteiger partial charge in [0, 0.05) is 18.1 Å². The average Bonchev–Trinajstić information content (AvgIpc) is 2.74. The average molecular weight is 288 g/mol. The number of likely N-dealkylation sites (tertiary alicyclic amines) is 1. The SMILES string of the molecule is CNC(CN1CCCC1(C)C)c1ccc(C(C)(C)C)cc1. The molecule has 118 valence electrons. The lowest BCUT2D eigenvalue weighted by molar-refractivity contribution is 0.158. The van der Waals surface area contributed by atoms with Gasteiger partial charge in [-0.05, 0) is 56.8 Å². The number of nitrogens with one attached hydrogen (secondary N) is 1. The molecule has 0 bridgehead atoms. The summed E-state index contributed by atoms with van der Waals surface area (Å²) in [6, 6.07) is 9.58. The van der Waals surface area contributed by atoms with Crippen molar-refractivity contribution in [3.8, 4) is 0 Å². The van der Waals surface area contributed by atoms with E-state index in [1.54, 1.807) is 0 Å². The smallest absolute Gasteiger partial charge is 0.0447 e. The number of hydrogen-bond donors (Lipinski definition) is 1. The molecule has 0 aromatic heterocycles. The maximum atomic E-state index is 3.50. The van der Waals surface area contributed by atoms with Crippen molar-refractivity contribution in [2.24, 2.45) is 0 Å². The van der Waals surface area contributed by atoms with E-state index in [0.717, 1.165) is 6.54 Å². The topological polar surface area (TPSA) is 15.3 Å². The van der Waals surface area contributed by atoms with E-state index in [2.05, 4.69) is 76.1 Å². The van der Waals surface area contributed by atoms with Crippen molar-refractivity contribution in [3.05, 3.63) is 35.4 Å². The number of rotatable bonds is 4. The summed E-state index contributed by atoms with van der Waals surface area (Å²) in [4.78, 5) is 2.63. The van der Waals surface area contributed by atoms with Crippen molar-refractivity contribution < 1.29 is 0 Å². The fourth-order valence-corrected chi connectivity index (χ4v) is 3.30. The quantitative estimate of drug-likeness (QED) is 0.896. The second-order valence-electron chi connectivity index (χ2n) is 8.08. The molecule has 0 aliphatic carbocycles. The predicted molar refractivity (Wildman–Crippen MR) is 91.8 cm³/mol. The number of nitrogens with zero attached hydrogens (tertiary/aromatic N) is 1. The summed E-state index contributed by atoms with van der Waals surface area (Å²) in [5.74, 6) is 0. The highest BCUT2D eigenvalue weighted by Gasteiger charge is 2.33. The molecule has 1 heterocycles. The van der Waals surface area contributed by atoms with Gasteiger partial charge in [-0.2, -0.15) is 0 Å². The molecular weight excluding hydrogens is 256 g/mol. The van der Waals surface area contributed by atoms with Crippen LogP contribution in [-0.2, 0) is 5.41 Å². The van der Waals surface area contributed by atoms with Crippen LogP contribution in [0.3, 0.4) is 0 Å². The minimum atomic E-state index is 0.227. The van der Waals surface area contributed by atoms with Gasteiger partial charge in [0.15, 0.2) is 0 Å². The van der Waals surface area contributed by atoms with E-state index in [-0.39, 0.29) is 5.41 Å². The Labute approximate surface area is 130 Å². The van der Waals surface area contributed by atoms with Crippen LogP contribution in [0.4, 0.5) is 0 Å². The molecule has 0 radical (unpaired) electrons. The Balaban J connectivity index is 2.11. The van der Waals surface area contributed by atoms with Crippen molar-refractivity contribution >= 4 is 0 Å². The van der Waals surface area contributed by atoms with Crippen molar-refractivity contribution in [2.45, 2.75) is 64.5 Å². The standard InChI is InChI=1S/C19H32N2/c1-18(2,3)16-10-8-15(9-11-16)17(20-6)14-21-13-7-12-19(21,4)5/h8-11,17,20H,7,12-14H2,1-6H3. The fraction of sp³-hybridized carbons (Fsp3) is 0.684. The zero-order chi connectivity index (χ0) is 15.7. The molecule has 1 aliphatic heterocycles. The monoisotopic (exact) mass is 288 g/mol. The van der Waals surface area contributed by atoms with Crippen LogP contribution in [0.2, 0.25) is 0 Å². The van der Waals surface area contributed by atoms with E-state index in [0.29, 0.717) is 11.6 Å². The summed E-state index contributed by atoms with van der Waals surface area (Å²) in [7, 11) is 2.07. The molecule has 1 aromatic rings. The molecule has 1 fully saturated rings. The Morgan fingerprint density at radius 1 is 1.19 bits per heavy atom. The Bertz CT molecular complexity index is 453. The van der Waals surface area contributed by atoms with E-state index in [1.165, 1.54) is 30.5 Å². The van der Waals surface area contributed by atoms with E-state index in [9.17, 15) is 0 Å². The fourth-order valence-electron chi connectivity index (χ4n) is 3.30. The summed E-state index contributed by atoms with van der Waals surface area (Å²) in [6.07, 6.45) is 2.64. The molecule has 1 N–H and O–H groups in total.